The number of ether oxygens (including phenoxy) is 1. The number of pyridine rings is 1. The zero-order valence-corrected chi connectivity index (χ0v) is 21.8. The number of aliphatic hydroxyl groups is 2. The number of aromatic amines is 1. The van der Waals surface area contributed by atoms with Gasteiger partial charge in [0.2, 0.25) is 5.56 Å². The molecule has 1 aromatic carbocycles. The number of hydrogen-bond donors (Lipinski definition) is 3. The highest BCUT2D eigenvalue weighted by atomic mass is 19.1. The van der Waals surface area contributed by atoms with Crippen LogP contribution in [0.1, 0.15) is 57.4 Å². The number of halogens is 1. The Morgan fingerprint density at radius 3 is 2.65 bits per heavy atom. The fourth-order valence-electron chi connectivity index (χ4n) is 9.34. The smallest absolute Gasteiger partial charge is 0.248 e. The van der Waals surface area contributed by atoms with Gasteiger partial charge in [0.25, 0.3) is 0 Å². The Morgan fingerprint density at radius 1 is 1.05 bits per heavy atom. The van der Waals surface area contributed by atoms with Crippen LogP contribution in [0.25, 0.3) is 16.3 Å². The first-order valence-corrected chi connectivity index (χ1v) is 13.8. The van der Waals surface area contributed by atoms with E-state index >= 15 is 4.39 Å². The molecule has 2 saturated carbocycles. The Bertz CT molecular complexity index is 1370. The molecule has 6 nitrogen and oxygen atoms in total. The summed E-state index contributed by atoms with van der Waals surface area (Å²) in [6.45, 7) is 2.27. The molecule has 7 rings (SSSR count). The van der Waals surface area contributed by atoms with Crippen molar-refractivity contribution in [3.05, 3.63) is 52.5 Å². The lowest BCUT2D eigenvalue weighted by Crippen LogP contribution is -2.72. The molecule has 0 amide bonds. The topological polar surface area (TPSA) is 85.8 Å². The van der Waals surface area contributed by atoms with Gasteiger partial charge in [-0.1, -0.05) is 25.1 Å². The standard InChI is InChI=1S/C30H37FN2O4/c1-27-8-10-29(31)14-21-25(35)26(36)22(33(2)3)15-28(21)9-11-30(29,37-28)23(27)7-6-20(27)17-4-5-18-16-32-24(34)13-19(18)12-17/h4-6,12-13,16,21-23,25-26,35-36H,7-11,14-15H2,1-3H3,(H,32,34). The first kappa shape index (κ1) is 24.0. The summed E-state index contributed by atoms with van der Waals surface area (Å²) < 4.78 is 24.3. The van der Waals surface area contributed by atoms with Crippen LogP contribution in [0.3, 0.4) is 0 Å². The predicted molar refractivity (Wildman–Crippen MR) is 140 cm³/mol. The van der Waals surface area contributed by atoms with Gasteiger partial charge in [-0.15, -0.1) is 0 Å². The van der Waals surface area contributed by atoms with Gasteiger partial charge in [0.05, 0.1) is 17.8 Å². The van der Waals surface area contributed by atoms with Gasteiger partial charge in [0.15, 0.2) is 0 Å². The summed E-state index contributed by atoms with van der Waals surface area (Å²) in [7, 11) is 3.85. The van der Waals surface area contributed by atoms with Gasteiger partial charge in [-0.25, -0.2) is 4.39 Å². The minimum atomic E-state index is -1.52. The number of aromatic nitrogens is 1. The van der Waals surface area contributed by atoms with E-state index in [-0.39, 0.29) is 29.4 Å². The maximum atomic E-state index is 17.2. The van der Waals surface area contributed by atoms with Crippen molar-refractivity contribution in [2.45, 2.75) is 87.0 Å². The first-order valence-electron chi connectivity index (χ1n) is 13.8. The van der Waals surface area contributed by atoms with E-state index in [2.05, 4.69) is 30.1 Å². The monoisotopic (exact) mass is 508 g/mol. The number of aliphatic hydroxyl groups excluding tert-OH is 2. The fraction of sp³-hybridized carbons (Fsp3) is 0.633. The largest absolute Gasteiger partial charge is 0.390 e. The number of allylic oxidation sites excluding steroid dienone is 2. The van der Waals surface area contributed by atoms with Crippen molar-refractivity contribution in [2.24, 2.45) is 17.3 Å². The van der Waals surface area contributed by atoms with E-state index in [1.165, 1.54) is 5.57 Å². The van der Waals surface area contributed by atoms with Crippen LogP contribution >= 0.6 is 0 Å². The van der Waals surface area contributed by atoms with Gasteiger partial charge in [-0.3, -0.25) is 4.79 Å². The molecule has 3 aliphatic carbocycles. The molecule has 2 saturated heterocycles. The quantitative estimate of drug-likeness (QED) is 0.575. The number of rotatable bonds is 2. The molecule has 9 atom stereocenters. The summed E-state index contributed by atoms with van der Waals surface area (Å²) in [6, 6.07) is 7.66. The van der Waals surface area contributed by atoms with Crippen molar-refractivity contribution in [3.63, 3.8) is 0 Å². The Labute approximate surface area is 216 Å². The predicted octanol–water partition coefficient (Wildman–Crippen LogP) is 3.80. The number of nitrogens with zero attached hydrogens (tertiary/aromatic N) is 1. The number of hydrogen-bond acceptors (Lipinski definition) is 5. The molecule has 3 heterocycles. The summed E-state index contributed by atoms with van der Waals surface area (Å²) in [5.74, 6) is -0.387. The fourth-order valence-corrected chi connectivity index (χ4v) is 9.34. The Kier molecular flexibility index (Phi) is 4.89. The normalized spacial score (nSPS) is 46.5. The van der Waals surface area contributed by atoms with Crippen LogP contribution in [-0.4, -0.2) is 69.3 Å². The lowest BCUT2D eigenvalue weighted by molar-refractivity contribution is -0.314. The van der Waals surface area contributed by atoms with Gasteiger partial charge < -0.3 is 24.8 Å². The number of likely N-dealkylation sites (N-methyl/N-ethyl adjacent to an activating group) is 1. The number of H-pyrrole nitrogens is 1. The third kappa shape index (κ3) is 2.97. The summed E-state index contributed by atoms with van der Waals surface area (Å²) >= 11 is 0. The second kappa shape index (κ2) is 7.53. The average Bonchev–Trinajstić information content (AvgIpc) is 3.39. The van der Waals surface area contributed by atoms with Crippen LogP contribution in [0.15, 0.2) is 41.3 Å². The maximum absolute atomic E-state index is 17.2. The molecule has 3 N–H and O–H groups in total. The van der Waals surface area contributed by atoms with Crippen LogP contribution in [-0.2, 0) is 4.74 Å². The lowest BCUT2D eigenvalue weighted by atomic mass is 9.51. The number of fused-ring (bicyclic) bond motifs is 2. The molecule has 37 heavy (non-hydrogen) atoms. The van der Waals surface area contributed by atoms with Crippen LogP contribution in [0.2, 0.25) is 0 Å². The molecule has 1 aromatic heterocycles. The molecule has 2 aliphatic heterocycles. The van der Waals surface area contributed by atoms with Gasteiger partial charge in [-0.2, -0.15) is 0 Å². The van der Waals surface area contributed by atoms with Crippen molar-refractivity contribution >= 4 is 16.3 Å². The second-order valence-corrected chi connectivity index (χ2v) is 13.0. The SMILES string of the molecule is CN(C)C1CC23CCC4(O2)C2CC=C(c5ccc6c[nH]c(=O)cc6c5)C2(C)CCC4(F)CC3C(O)C1O. The van der Waals surface area contributed by atoms with Gasteiger partial charge >= 0.3 is 0 Å². The highest BCUT2D eigenvalue weighted by molar-refractivity contribution is 5.87. The molecule has 2 aromatic rings. The van der Waals surface area contributed by atoms with Crippen LogP contribution in [0.5, 0.6) is 0 Å². The molecule has 198 valence electrons. The van der Waals surface area contributed by atoms with E-state index in [0.717, 1.165) is 29.2 Å². The van der Waals surface area contributed by atoms with Crippen molar-refractivity contribution in [1.29, 1.82) is 0 Å². The number of alkyl halides is 1. The highest BCUT2D eigenvalue weighted by Crippen LogP contribution is 2.72. The molecular formula is C30H37FN2O4. The molecule has 4 fully saturated rings. The van der Waals surface area contributed by atoms with E-state index in [9.17, 15) is 15.0 Å². The average molecular weight is 509 g/mol. The molecule has 7 heteroatoms. The van der Waals surface area contributed by atoms with E-state index in [4.69, 9.17) is 4.74 Å². The third-order valence-electron chi connectivity index (χ3n) is 11.3. The van der Waals surface area contributed by atoms with Crippen molar-refractivity contribution in [1.82, 2.24) is 9.88 Å². The zero-order chi connectivity index (χ0) is 26.0. The number of benzene rings is 1. The summed E-state index contributed by atoms with van der Waals surface area (Å²) in [6.07, 6.45) is 6.22. The van der Waals surface area contributed by atoms with Gasteiger partial charge in [0, 0.05) is 30.1 Å². The zero-order valence-electron chi connectivity index (χ0n) is 21.8. The highest BCUT2D eigenvalue weighted by Gasteiger charge is 2.77. The summed E-state index contributed by atoms with van der Waals surface area (Å²) in [5, 5.41) is 24.0. The Morgan fingerprint density at radius 2 is 1.86 bits per heavy atom. The minimum Gasteiger partial charge on any atom is -0.390 e. The summed E-state index contributed by atoms with van der Waals surface area (Å²) in [4.78, 5) is 16.7. The first-order chi connectivity index (χ1) is 17.5. The van der Waals surface area contributed by atoms with E-state index in [0.29, 0.717) is 25.7 Å². The molecular weight excluding hydrogens is 471 g/mol. The molecule has 5 aliphatic rings. The molecule has 0 radical (unpaired) electrons. The van der Waals surface area contributed by atoms with Crippen LogP contribution in [0.4, 0.5) is 4.39 Å². The Balaban J connectivity index is 1.27. The van der Waals surface area contributed by atoms with Crippen molar-refractivity contribution < 1.29 is 19.3 Å². The minimum absolute atomic E-state index is 0.00532. The van der Waals surface area contributed by atoms with E-state index in [1.807, 2.05) is 25.1 Å². The van der Waals surface area contributed by atoms with Gasteiger partial charge in [-0.05, 0) is 92.4 Å². The van der Waals surface area contributed by atoms with Crippen molar-refractivity contribution in [2.75, 3.05) is 14.1 Å². The molecule has 2 spiro atoms. The second-order valence-electron chi connectivity index (χ2n) is 13.0. The third-order valence-corrected chi connectivity index (χ3v) is 11.3. The van der Waals surface area contributed by atoms with Crippen molar-refractivity contribution in [3.8, 4) is 0 Å². The summed E-state index contributed by atoms with van der Waals surface area (Å²) in [5.41, 5.74) is -1.05. The van der Waals surface area contributed by atoms with Crippen LogP contribution < -0.4 is 5.56 Å². The van der Waals surface area contributed by atoms with E-state index in [1.54, 1.807) is 12.3 Å². The molecule has 9 unspecified atom stereocenters. The Hall–Kier alpha value is -2.06. The maximum Gasteiger partial charge on any atom is 0.248 e. The number of nitrogens with one attached hydrogen (secondary N) is 1. The molecule has 2 bridgehead atoms. The van der Waals surface area contributed by atoms with Gasteiger partial charge in [0.1, 0.15) is 11.3 Å². The van der Waals surface area contributed by atoms with E-state index < -0.39 is 35.0 Å². The van der Waals surface area contributed by atoms with Crippen LogP contribution in [0, 0.1) is 17.3 Å². The lowest BCUT2D eigenvalue weighted by Gasteiger charge is -2.64.